The van der Waals surface area contributed by atoms with Crippen molar-refractivity contribution in [3.8, 4) is 17.2 Å². The maximum Gasteiger partial charge on any atom is 0.229 e. The smallest absolute Gasteiger partial charge is 0.229 e. The second kappa shape index (κ2) is 9.90. The van der Waals surface area contributed by atoms with Gasteiger partial charge >= 0.3 is 0 Å². The van der Waals surface area contributed by atoms with Gasteiger partial charge in [-0.05, 0) is 53.1 Å². The van der Waals surface area contributed by atoms with Crippen molar-refractivity contribution in [2.24, 2.45) is 0 Å². The Kier molecular flexibility index (Phi) is 7.24. The first-order valence-corrected chi connectivity index (χ1v) is 11.8. The third kappa shape index (κ3) is 6.13. The molecule has 0 saturated carbocycles. The summed E-state index contributed by atoms with van der Waals surface area (Å²) in [6, 6.07) is 17.5. The molecule has 0 saturated heterocycles. The summed E-state index contributed by atoms with van der Waals surface area (Å²) in [4.78, 5) is 0. The topological polar surface area (TPSA) is 139 Å². The number of benzene rings is 3. The van der Waals surface area contributed by atoms with E-state index in [9.17, 15) is 28.8 Å². The lowest BCUT2D eigenvalue weighted by Gasteiger charge is -2.24. The van der Waals surface area contributed by atoms with Crippen LogP contribution in [-0.2, 0) is 10.0 Å². The zero-order valence-electron chi connectivity index (χ0n) is 17.4. The van der Waals surface area contributed by atoms with E-state index in [1.165, 1.54) is 12.1 Å². The number of aliphatic hydroxyl groups excluding tert-OH is 1. The molecular formula is C23H26N2O6S. The Morgan fingerprint density at radius 1 is 0.812 bits per heavy atom. The summed E-state index contributed by atoms with van der Waals surface area (Å²) in [6.45, 7) is 0.136. The highest BCUT2D eigenvalue weighted by molar-refractivity contribution is 7.92. The molecule has 170 valence electrons. The molecule has 0 heterocycles. The van der Waals surface area contributed by atoms with Crippen molar-refractivity contribution in [1.29, 1.82) is 0 Å². The fraction of sp³-hybridized carbons (Fsp3) is 0.217. The molecule has 3 aromatic rings. The summed E-state index contributed by atoms with van der Waals surface area (Å²) in [5, 5.41) is 42.5. The summed E-state index contributed by atoms with van der Waals surface area (Å²) < 4.78 is 25.4. The molecule has 8 nitrogen and oxygen atoms in total. The molecule has 3 aromatic carbocycles. The first kappa shape index (κ1) is 23.4. The number of aromatic hydroxyl groups is 3. The number of hydrogen-bond acceptors (Lipinski definition) is 7. The summed E-state index contributed by atoms with van der Waals surface area (Å²) in [7, 11) is -3.59. The lowest BCUT2D eigenvalue weighted by atomic mass is 9.90. The minimum absolute atomic E-state index is 0.0267. The predicted octanol–water partition coefficient (Wildman–Crippen LogP) is 2.63. The number of phenolic OH excluding ortho intramolecular Hbond substituents is 3. The van der Waals surface area contributed by atoms with E-state index in [1.807, 2.05) is 0 Å². The van der Waals surface area contributed by atoms with Gasteiger partial charge in [0.25, 0.3) is 0 Å². The minimum Gasteiger partial charge on any atom is -0.508 e. The predicted molar refractivity (Wildman–Crippen MR) is 122 cm³/mol. The van der Waals surface area contributed by atoms with Gasteiger partial charge in [-0.3, -0.25) is 4.72 Å². The zero-order chi connectivity index (χ0) is 23.3. The average Bonchev–Trinajstić information content (AvgIpc) is 2.74. The highest BCUT2D eigenvalue weighted by Crippen LogP contribution is 2.30. The van der Waals surface area contributed by atoms with Gasteiger partial charge in [-0.15, -0.1) is 0 Å². The summed E-state index contributed by atoms with van der Waals surface area (Å²) in [5.41, 5.74) is 2.45. The van der Waals surface area contributed by atoms with Crippen molar-refractivity contribution in [3.05, 3.63) is 83.4 Å². The van der Waals surface area contributed by atoms with Crippen molar-refractivity contribution >= 4 is 15.7 Å². The second-order valence-electron chi connectivity index (χ2n) is 7.53. The quantitative estimate of drug-likeness (QED) is 0.271. The standard InChI is InChI=1S/C23H26N2O6S/c1-32(30,31)25-21-12-17(6-11-23(21)29)22(14-26)24-13-20(15-2-7-18(27)8-3-15)16-4-9-19(28)10-5-16/h2-12,20,22,24-29H,13-14H2,1H3. The van der Waals surface area contributed by atoms with Gasteiger partial charge < -0.3 is 25.7 Å². The SMILES string of the molecule is CS(=O)(=O)Nc1cc(C(CO)NCC(c2ccc(O)cc2)c2ccc(O)cc2)ccc1O. The first-order valence-electron chi connectivity index (χ1n) is 9.89. The molecule has 0 radical (unpaired) electrons. The van der Waals surface area contributed by atoms with Crippen LogP contribution in [0, 0.1) is 0 Å². The van der Waals surface area contributed by atoms with E-state index < -0.39 is 16.1 Å². The fourth-order valence-electron chi connectivity index (χ4n) is 3.44. The van der Waals surface area contributed by atoms with E-state index in [2.05, 4.69) is 10.0 Å². The van der Waals surface area contributed by atoms with Gasteiger partial charge in [-0.1, -0.05) is 30.3 Å². The van der Waals surface area contributed by atoms with Crippen LogP contribution in [0.5, 0.6) is 17.2 Å². The molecule has 0 aliphatic heterocycles. The minimum atomic E-state index is -3.59. The van der Waals surface area contributed by atoms with Crippen LogP contribution in [0.15, 0.2) is 66.7 Å². The van der Waals surface area contributed by atoms with Gasteiger partial charge in [0.2, 0.25) is 10.0 Å². The molecule has 0 aliphatic rings. The maximum atomic E-state index is 11.6. The Labute approximate surface area is 186 Å². The molecule has 0 amide bonds. The molecule has 0 fully saturated rings. The van der Waals surface area contributed by atoms with E-state index in [4.69, 9.17) is 0 Å². The van der Waals surface area contributed by atoms with Crippen LogP contribution in [0.4, 0.5) is 5.69 Å². The van der Waals surface area contributed by atoms with E-state index >= 15 is 0 Å². The molecule has 9 heteroatoms. The normalized spacial score (nSPS) is 12.6. The highest BCUT2D eigenvalue weighted by atomic mass is 32.2. The highest BCUT2D eigenvalue weighted by Gasteiger charge is 2.19. The molecule has 0 aliphatic carbocycles. The lowest BCUT2D eigenvalue weighted by molar-refractivity contribution is 0.243. The lowest BCUT2D eigenvalue weighted by Crippen LogP contribution is -2.29. The Hall–Kier alpha value is -3.27. The Balaban J connectivity index is 1.86. The van der Waals surface area contributed by atoms with Crippen LogP contribution >= 0.6 is 0 Å². The number of phenols is 3. The molecular weight excluding hydrogens is 432 g/mol. The molecule has 0 bridgehead atoms. The second-order valence-corrected chi connectivity index (χ2v) is 9.28. The maximum absolute atomic E-state index is 11.6. The van der Waals surface area contributed by atoms with Crippen LogP contribution in [0.2, 0.25) is 0 Å². The van der Waals surface area contributed by atoms with Crippen LogP contribution in [0.1, 0.15) is 28.7 Å². The van der Waals surface area contributed by atoms with Crippen LogP contribution in [-0.4, -0.2) is 48.3 Å². The largest absolute Gasteiger partial charge is 0.508 e. The fourth-order valence-corrected chi connectivity index (χ4v) is 4.00. The van der Waals surface area contributed by atoms with E-state index in [0.29, 0.717) is 12.1 Å². The molecule has 0 spiro atoms. The zero-order valence-corrected chi connectivity index (χ0v) is 18.2. The molecule has 32 heavy (non-hydrogen) atoms. The summed E-state index contributed by atoms with van der Waals surface area (Å²) in [5.74, 6) is -0.0818. The number of sulfonamides is 1. The third-order valence-electron chi connectivity index (χ3n) is 5.06. The molecule has 1 atom stereocenters. The molecule has 0 aromatic heterocycles. The van der Waals surface area contributed by atoms with Gasteiger partial charge in [0.15, 0.2) is 0 Å². The molecule has 3 rings (SSSR count). The molecule has 6 N–H and O–H groups in total. The first-order chi connectivity index (χ1) is 15.2. The Morgan fingerprint density at radius 2 is 1.31 bits per heavy atom. The number of nitrogens with one attached hydrogen (secondary N) is 2. The van der Waals surface area contributed by atoms with Crippen molar-refractivity contribution in [1.82, 2.24) is 5.32 Å². The van der Waals surface area contributed by atoms with Gasteiger partial charge in [-0.25, -0.2) is 8.42 Å². The number of rotatable bonds is 9. The Bertz CT molecular complexity index is 1100. The van der Waals surface area contributed by atoms with Crippen LogP contribution < -0.4 is 10.0 Å². The average molecular weight is 459 g/mol. The van der Waals surface area contributed by atoms with Crippen LogP contribution in [0.3, 0.4) is 0 Å². The summed E-state index contributed by atoms with van der Waals surface area (Å²) >= 11 is 0. The van der Waals surface area contributed by atoms with Gasteiger partial charge in [0.05, 0.1) is 24.6 Å². The van der Waals surface area contributed by atoms with Gasteiger partial charge in [-0.2, -0.15) is 0 Å². The number of hydrogen-bond donors (Lipinski definition) is 6. The van der Waals surface area contributed by atoms with Gasteiger partial charge in [0, 0.05) is 12.5 Å². The van der Waals surface area contributed by atoms with E-state index in [0.717, 1.165) is 17.4 Å². The monoisotopic (exact) mass is 458 g/mol. The van der Waals surface area contributed by atoms with Crippen molar-refractivity contribution in [2.45, 2.75) is 12.0 Å². The van der Waals surface area contributed by atoms with E-state index in [-0.39, 0.29) is 35.5 Å². The Morgan fingerprint density at radius 3 is 1.78 bits per heavy atom. The van der Waals surface area contributed by atoms with Crippen molar-refractivity contribution < 1.29 is 28.8 Å². The summed E-state index contributed by atoms with van der Waals surface area (Å²) in [6.07, 6.45) is 0.987. The van der Waals surface area contributed by atoms with Crippen molar-refractivity contribution in [2.75, 3.05) is 24.1 Å². The van der Waals surface area contributed by atoms with Crippen LogP contribution in [0.25, 0.3) is 0 Å². The van der Waals surface area contributed by atoms with Crippen molar-refractivity contribution in [3.63, 3.8) is 0 Å². The van der Waals surface area contributed by atoms with Gasteiger partial charge in [0.1, 0.15) is 17.2 Å². The molecule has 1 unspecified atom stereocenters. The number of aliphatic hydroxyl groups is 1. The third-order valence-corrected chi connectivity index (χ3v) is 5.65. The number of anilines is 1. The van der Waals surface area contributed by atoms with E-state index in [1.54, 1.807) is 54.6 Å².